The molecule has 4 aromatic rings. The van der Waals surface area contributed by atoms with Gasteiger partial charge in [-0.15, -0.1) is 0 Å². The Labute approximate surface area is 183 Å². The molecule has 1 amide bonds. The molecule has 4 rings (SSSR count). The summed E-state index contributed by atoms with van der Waals surface area (Å²) in [6.07, 6.45) is 1.92. The van der Waals surface area contributed by atoms with Gasteiger partial charge in [0.2, 0.25) is 0 Å². The van der Waals surface area contributed by atoms with Crippen LogP contribution in [0.25, 0.3) is 10.9 Å². The number of hydrogen-bond donors (Lipinski definition) is 3. The van der Waals surface area contributed by atoms with Gasteiger partial charge in [-0.05, 0) is 48.4 Å². The largest absolute Gasteiger partial charge is 0.361 e. The molecule has 7 heteroatoms. The molecule has 1 unspecified atom stereocenters. The quantitative estimate of drug-likeness (QED) is 0.407. The van der Waals surface area contributed by atoms with Gasteiger partial charge in [0.15, 0.2) is 0 Å². The lowest BCUT2D eigenvalue weighted by molar-refractivity contribution is 0.0951. The van der Waals surface area contributed by atoms with Crippen molar-refractivity contribution >= 4 is 40.0 Å². The predicted octanol–water partition coefficient (Wildman–Crippen LogP) is 5.03. The monoisotopic (exact) mass is 439 g/mol. The van der Waals surface area contributed by atoms with Crippen LogP contribution in [0.5, 0.6) is 0 Å². The highest BCUT2D eigenvalue weighted by Gasteiger charge is 2.22. The number of para-hydroxylation sites is 1. The summed E-state index contributed by atoms with van der Waals surface area (Å²) in [5, 5.41) is 4.98. The number of aromatic amines is 2. The number of aryl methyl sites for hydroxylation is 1. The first-order valence-corrected chi connectivity index (χ1v) is 10.2. The minimum Gasteiger partial charge on any atom is -0.361 e. The van der Waals surface area contributed by atoms with Crippen molar-refractivity contribution in [3.63, 3.8) is 0 Å². The van der Waals surface area contributed by atoms with Gasteiger partial charge in [0.25, 0.3) is 11.5 Å². The Bertz CT molecular complexity index is 1290. The van der Waals surface area contributed by atoms with E-state index in [9.17, 15) is 9.59 Å². The molecule has 2 heterocycles. The van der Waals surface area contributed by atoms with E-state index in [1.807, 2.05) is 36.5 Å². The molecule has 0 saturated heterocycles. The Morgan fingerprint density at radius 2 is 1.87 bits per heavy atom. The van der Waals surface area contributed by atoms with E-state index in [0.29, 0.717) is 15.7 Å². The normalized spacial score (nSPS) is 12.1. The number of amides is 1. The van der Waals surface area contributed by atoms with E-state index in [2.05, 4.69) is 15.3 Å². The summed E-state index contributed by atoms with van der Waals surface area (Å²) in [7, 11) is 0. The van der Waals surface area contributed by atoms with E-state index in [1.165, 1.54) is 6.07 Å². The lowest BCUT2D eigenvalue weighted by atomic mass is 9.90. The van der Waals surface area contributed by atoms with Crippen molar-refractivity contribution in [3.8, 4) is 0 Å². The third-order valence-corrected chi connectivity index (χ3v) is 5.66. The molecule has 0 aliphatic rings. The van der Waals surface area contributed by atoms with Crippen molar-refractivity contribution in [1.29, 1.82) is 0 Å². The molecule has 30 heavy (non-hydrogen) atoms. The van der Waals surface area contributed by atoms with Crippen molar-refractivity contribution in [3.05, 3.63) is 104 Å². The number of halogens is 2. The molecule has 1 atom stereocenters. The van der Waals surface area contributed by atoms with E-state index in [0.717, 1.165) is 22.0 Å². The van der Waals surface area contributed by atoms with Gasteiger partial charge in [0, 0.05) is 45.3 Å². The third-order valence-electron chi connectivity index (χ3n) is 5.10. The summed E-state index contributed by atoms with van der Waals surface area (Å²) < 4.78 is 0. The average Bonchev–Trinajstić information content (AvgIpc) is 3.13. The fourth-order valence-electron chi connectivity index (χ4n) is 3.59. The van der Waals surface area contributed by atoms with Crippen LogP contribution in [-0.2, 0) is 0 Å². The Morgan fingerprint density at radius 1 is 1.07 bits per heavy atom. The SMILES string of the molecule is Cc1ccc(C(=O)NCC(c2ccc(Cl)cc2Cl)c2c[nH]c3ccccc23)c(=O)[nH]1. The number of fused-ring (bicyclic) bond motifs is 1. The van der Waals surface area contributed by atoms with Crippen molar-refractivity contribution < 1.29 is 4.79 Å². The zero-order chi connectivity index (χ0) is 21.3. The van der Waals surface area contributed by atoms with E-state index in [1.54, 1.807) is 25.1 Å². The van der Waals surface area contributed by atoms with Crippen LogP contribution in [0.1, 0.15) is 33.1 Å². The molecule has 0 fully saturated rings. The molecule has 3 N–H and O–H groups in total. The highest BCUT2D eigenvalue weighted by Crippen LogP contribution is 2.35. The lowest BCUT2D eigenvalue weighted by Crippen LogP contribution is -2.33. The number of pyridine rings is 1. The van der Waals surface area contributed by atoms with Crippen LogP contribution >= 0.6 is 23.2 Å². The van der Waals surface area contributed by atoms with Crippen LogP contribution in [-0.4, -0.2) is 22.4 Å². The predicted molar refractivity (Wildman–Crippen MR) is 121 cm³/mol. The number of nitrogens with one attached hydrogen (secondary N) is 3. The minimum atomic E-state index is -0.439. The average molecular weight is 440 g/mol. The van der Waals surface area contributed by atoms with Crippen LogP contribution < -0.4 is 10.9 Å². The highest BCUT2D eigenvalue weighted by atomic mass is 35.5. The van der Waals surface area contributed by atoms with E-state index < -0.39 is 11.5 Å². The minimum absolute atomic E-state index is 0.0699. The maximum atomic E-state index is 12.7. The molecule has 0 saturated carbocycles. The van der Waals surface area contributed by atoms with Crippen LogP contribution in [0, 0.1) is 6.92 Å². The summed E-state index contributed by atoms with van der Waals surface area (Å²) in [5.74, 6) is -0.675. The molecule has 5 nitrogen and oxygen atoms in total. The third kappa shape index (κ3) is 3.99. The second-order valence-electron chi connectivity index (χ2n) is 7.10. The molecular formula is C23H19Cl2N3O2. The molecule has 0 aliphatic carbocycles. The topological polar surface area (TPSA) is 77.8 Å². The maximum absolute atomic E-state index is 12.7. The molecule has 0 spiro atoms. The Balaban J connectivity index is 1.70. The van der Waals surface area contributed by atoms with Gasteiger partial charge in [-0.2, -0.15) is 0 Å². The van der Waals surface area contributed by atoms with Crippen LogP contribution in [0.3, 0.4) is 0 Å². The molecule has 152 valence electrons. The fraction of sp³-hybridized carbons (Fsp3) is 0.130. The summed E-state index contributed by atoms with van der Waals surface area (Å²) in [6.45, 7) is 2.02. The molecular weight excluding hydrogens is 421 g/mol. The molecule has 0 bridgehead atoms. The molecule has 2 aromatic carbocycles. The van der Waals surface area contributed by atoms with Gasteiger partial charge in [0.1, 0.15) is 5.56 Å². The van der Waals surface area contributed by atoms with Gasteiger partial charge in [0.05, 0.1) is 0 Å². The number of hydrogen-bond acceptors (Lipinski definition) is 2. The zero-order valence-corrected chi connectivity index (χ0v) is 17.6. The van der Waals surface area contributed by atoms with Crippen molar-refractivity contribution in [2.75, 3.05) is 6.54 Å². The van der Waals surface area contributed by atoms with Gasteiger partial charge in [-0.3, -0.25) is 9.59 Å². The van der Waals surface area contributed by atoms with E-state index in [-0.39, 0.29) is 18.0 Å². The van der Waals surface area contributed by atoms with Crippen molar-refractivity contribution in [2.45, 2.75) is 12.8 Å². The summed E-state index contributed by atoms with van der Waals surface area (Å²) >= 11 is 12.6. The smallest absolute Gasteiger partial charge is 0.260 e. The second kappa shape index (κ2) is 8.38. The molecule has 0 aliphatic heterocycles. The highest BCUT2D eigenvalue weighted by molar-refractivity contribution is 6.35. The first-order valence-electron chi connectivity index (χ1n) is 9.43. The zero-order valence-electron chi connectivity index (χ0n) is 16.1. The lowest BCUT2D eigenvalue weighted by Gasteiger charge is -2.19. The standard InChI is InChI=1S/C23H19Cl2N3O2/c1-13-6-8-17(23(30)28-13)22(29)27-12-18(15-9-7-14(24)10-20(15)25)19-11-26-21-5-3-2-4-16(19)21/h2-11,18,26H,12H2,1H3,(H,27,29)(H,28,30). The van der Waals surface area contributed by atoms with Gasteiger partial charge < -0.3 is 15.3 Å². The number of benzene rings is 2. The summed E-state index contributed by atoms with van der Waals surface area (Å²) in [6, 6.07) is 16.5. The first kappa shape index (κ1) is 20.3. The van der Waals surface area contributed by atoms with Crippen molar-refractivity contribution in [1.82, 2.24) is 15.3 Å². The molecule has 0 radical (unpaired) electrons. The number of aromatic nitrogens is 2. The number of carbonyl (C=O) groups excluding carboxylic acids is 1. The number of H-pyrrole nitrogens is 2. The number of rotatable bonds is 5. The first-order chi connectivity index (χ1) is 14.4. The van der Waals surface area contributed by atoms with E-state index in [4.69, 9.17) is 23.2 Å². The summed E-state index contributed by atoms with van der Waals surface area (Å²) in [4.78, 5) is 30.7. The van der Waals surface area contributed by atoms with Crippen LogP contribution in [0.4, 0.5) is 0 Å². The maximum Gasteiger partial charge on any atom is 0.260 e. The number of carbonyl (C=O) groups is 1. The Kier molecular flexibility index (Phi) is 5.66. The second-order valence-corrected chi connectivity index (χ2v) is 7.95. The van der Waals surface area contributed by atoms with E-state index >= 15 is 0 Å². The Morgan fingerprint density at radius 3 is 2.63 bits per heavy atom. The summed E-state index contributed by atoms with van der Waals surface area (Å²) in [5.41, 5.74) is 3.17. The van der Waals surface area contributed by atoms with Crippen LogP contribution in [0.2, 0.25) is 10.0 Å². The van der Waals surface area contributed by atoms with Gasteiger partial charge in [-0.1, -0.05) is 47.5 Å². The van der Waals surface area contributed by atoms with Crippen LogP contribution in [0.15, 0.2) is 65.6 Å². The fourth-order valence-corrected chi connectivity index (χ4v) is 4.13. The van der Waals surface area contributed by atoms with Crippen molar-refractivity contribution in [2.24, 2.45) is 0 Å². The molecule has 2 aromatic heterocycles. The van der Waals surface area contributed by atoms with Gasteiger partial charge in [-0.25, -0.2) is 0 Å². The van der Waals surface area contributed by atoms with Gasteiger partial charge >= 0.3 is 0 Å². The Hall–Kier alpha value is -3.02.